The van der Waals surface area contributed by atoms with Crippen molar-refractivity contribution in [3.63, 3.8) is 0 Å². The van der Waals surface area contributed by atoms with E-state index >= 15 is 0 Å². The number of rotatable bonds is 4. The molecular formula is C43H39IrN3O-2. The number of benzene rings is 3. The van der Waals surface area contributed by atoms with Crippen LogP contribution in [0.1, 0.15) is 65.8 Å². The third-order valence-corrected chi connectivity index (χ3v) is 9.38. The van der Waals surface area contributed by atoms with Crippen molar-refractivity contribution in [2.75, 3.05) is 0 Å². The molecule has 1 saturated carbocycles. The number of nitrogens with zero attached hydrogens (tertiary/aromatic N) is 3. The van der Waals surface area contributed by atoms with Crippen molar-refractivity contribution in [1.29, 1.82) is 0 Å². The fraction of sp³-hybridized carbons (Fsp3) is 0.233. The van der Waals surface area contributed by atoms with Crippen LogP contribution in [0.3, 0.4) is 0 Å². The number of aryl methyl sites for hydroxylation is 4. The minimum Gasteiger partial charge on any atom is -0.486 e. The van der Waals surface area contributed by atoms with Crippen LogP contribution in [0.2, 0.25) is 0 Å². The van der Waals surface area contributed by atoms with Gasteiger partial charge < -0.3 is 14.4 Å². The maximum absolute atomic E-state index is 6.38. The molecule has 5 heteroatoms. The van der Waals surface area contributed by atoms with E-state index < -0.39 is 0 Å². The quantitative estimate of drug-likeness (QED) is 0.166. The second-order valence-electron chi connectivity index (χ2n) is 12.8. The first-order chi connectivity index (χ1) is 23.0. The summed E-state index contributed by atoms with van der Waals surface area (Å²) in [5.74, 6) is 0.647. The van der Waals surface area contributed by atoms with E-state index in [1.807, 2.05) is 49.5 Å². The van der Waals surface area contributed by atoms with Crippen molar-refractivity contribution < 1.29 is 24.5 Å². The minimum absolute atomic E-state index is 0. The average Bonchev–Trinajstić information content (AvgIpc) is 3.48. The SMILES string of the molecule is Cc1cc(-c2[c-]ccc3c2oc2nc(-c4c(C)cccc4C)ccc23)ncc1C1CCCCC1.Cc1ccc(-c2[c-]cccc2)nc1.[Ir]. The molecule has 48 heavy (non-hydrogen) atoms. The minimum atomic E-state index is 0. The molecule has 1 aliphatic rings. The molecule has 0 amide bonds. The molecule has 4 nitrogen and oxygen atoms in total. The molecular weight excluding hydrogens is 767 g/mol. The molecule has 0 unspecified atom stereocenters. The van der Waals surface area contributed by atoms with Crippen LogP contribution in [-0.2, 0) is 20.1 Å². The van der Waals surface area contributed by atoms with Gasteiger partial charge in [-0.15, -0.1) is 54.1 Å². The zero-order chi connectivity index (χ0) is 32.3. The number of hydrogen-bond donors (Lipinski definition) is 0. The monoisotopic (exact) mass is 806 g/mol. The Kier molecular flexibility index (Phi) is 10.3. The molecule has 7 aromatic rings. The van der Waals surface area contributed by atoms with E-state index in [9.17, 15) is 0 Å². The summed E-state index contributed by atoms with van der Waals surface area (Å²) in [7, 11) is 0. The fourth-order valence-electron chi connectivity index (χ4n) is 6.89. The van der Waals surface area contributed by atoms with E-state index in [-0.39, 0.29) is 20.1 Å². The van der Waals surface area contributed by atoms with Crippen LogP contribution in [0.25, 0.3) is 55.8 Å². The Bertz CT molecular complexity index is 2140. The second-order valence-corrected chi connectivity index (χ2v) is 12.8. The number of furan rings is 1. The molecule has 0 bridgehead atoms. The first kappa shape index (κ1) is 33.5. The van der Waals surface area contributed by atoms with Crippen molar-refractivity contribution in [1.82, 2.24) is 15.0 Å². The Morgan fingerprint density at radius 1 is 0.667 bits per heavy atom. The van der Waals surface area contributed by atoms with Gasteiger partial charge in [-0.25, -0.2) is 4.98 Å². The first-order valence-corrected chi connectivity index (χ1v) is 16.6. The largest absolute Gasteiger partial charge is 0.486 e. The molecule has 4 aromatic heterocycles. The molecule has 1 aliphatic carbocycles. The van der Waals surface area contributed by atoms with Gasteiger partial charge in [0, 0.05) is 43.4 Å². The van der Waals surface area contributed by atoms with Crippen molar-refractivity contribution >= 4 is 22.1 Å². The van der Waals surface area contributed by atoms with Crippen LogP contribution < -0.4 is 0 Å². The van der Waals surface area contributed by atoms with Crippen LogP contribution >= 0.6 is 0 Å². The summed E-state index contributed by atoms with van der Waals surface area (Å²) in [6.45, 7) is 8.51. The van der Waals surface area contributed by atoms with Gasteiger partial charge in [0.25, 0.3) is 0 Å². The topological polar surface area (TPSA) is 51.8 Å². The van der Waals surface area contributed by atoms with E-state index in [0.29, 0.717) is 11.6 Å². The molecule has 0 aliphatic heterocycles. The van der Waals surface area contributed by atoms with Gasteiger partial charge in [-0.05, 0) is 92.2 Å². The maximum atomic E-state index is 6.38. The Hall–Kier alpha value is -4.44. The number of pyridine rings is 3. The van der Waals surface area contributed by atoms with E-state index in [1.54, 1.807) is 0 Å². The van der Waals surface area contributed by atoms with Gasteiger partial charge in [0.1, 0.15) is 0 Å². The number of fused-ring (bicyclic) bond motifs is 3. The van der Waals surface area contributed by atoms with E-state index in [1.165, 1.54) is 65.5 Å². The van der Waals surface area contributed by atoms with Crippen LogP contribution in [0.5, 0.6) is 0 Å². The van der Waals surface area contributed by atoms with E-state index in [0.717, 1.165) is 44.6 Å². The van der Waals surface area contributed by atoms with Gasteiger partial charge in [0.15, 0.2) is 0 Å². The smallest absolute Gasteiger partial charge is 0.216 e. The fourth-order valence-corrected chi connectivity index (χ4v) is 6.89. The van der Waals surface area contributed by atoms with Gasteiger partial charge in [-0.2, -0.15) is 0 Å². The van der Waals surface area contributed by atoms with E-state index in [2.05, 4.69) is 92.6 Å². The summed E-state index contributed by atoms with van der Waals surface area (Å²) in [5.41, 5.74) is 13.8. The van der Waals surface area contributed by atoms with Gasteiger partial charge >= 0.3 is 0 Å². The summed E-state index contributed by atoms with van der Waals surface area (Å²) >= 11 is 0. The average molecular weight is 806 g/mol. The third kappa shape index (κ3) is 6.90. The number of aromatic nitrogens is 3. The van der Waals surface area contributed by atoms with Crippen LogP contribution in [0.4, 0.5) is 0 Å². The van der Waals surface area contributed by atoms with Gasteiger partial charge in [0.2, 0.25) is 5.71 Å². The normalized spacial score (nSPS) is 13.2. The number of hydrogen-bond acceptors (Lipinski definition) is 4. The summed E-state index contributed by atoms with van der Waals surface area (Å²) < 4.78 is 6.38. The predicted molar refractivity (Wildman–Crippen MR) is 192 cm³/mol. The predicted octanol–water partition coefficient (Wildman–Crippen LogP) is 11.3. The van der Waals surface area contributed by atoms with Gasteiger partial charge in [-0.3, -0.25) is 0 Å². The molecule has 4 heterocycles. The van der Waals surface area contributed by atoms with Crippen LogP contribution in [-0.4, -0.2) is 15.0 Å². The van der Waals surface area contributed by atoms with Crippen LogP contribution in [0.15, 0.2) is 102 Å². The molecule has 3 aromatic carbocycles. The standard InChI is InChI=1S/C31H29N2O.C12H10N.Ir/c1-19-9-7-10-20(2)29(19)27-16-15-24-23-13-8-14-25(30(23)34-31(24)33-27)28-17-21(3)26(18-32-28)22-11-5-4-6-12-22;1-10-7-8-12(13-9-10)11-5-3-2-4-6-11;/h7-10,13,15-18,22H,4-6,11-12H2,1-3H3;2-5,7-9H,1H3;/q2*-1;. The molecule has 8 rings (SSSR count). The Balaban J connectivity index is 0.000000241. The Morgan fingerprint density at radius 2 is 1.44 bits per heavy atom. The molecule has 243 valence electrons. The molecule has 0 spiro atoms. The molecule has 1 fully saturated rings. The summed E-state index contributed by atoms with van der Waals surface area (Å²) in [4.78, 5) is 14.1. The first-order valence-electron chi connectivity index (χ1n) is 16.6. The Labute approximate surface area is 297 Å². The molecule has 0 N–H and O–H groups in total. The van der Waals surface area contributed by atoms with Gasteiger partial charge in [0.05, 0.1) is 11.3 Å². The van der Waals surface area contributed by atoms with E-state index in [4.69, 9.17) is 14.4 Å². The van der Waals surface area contributed by atoms with Crippen molar-refractivity contribution in [3.8, 4) is 33.8 Å². The van der Waals surface area contributed by atoms with Gasteiger partial charge in [-0.1, -0.05) is 72.2 Å². The summed E-state index contributed by atoms with van der Waals surface area (Å²) in [6.07, 6.45) is 10.5. The molecule has 1 radical (unpaired) electrons. The summed E-state index contributed by atoms with van der Waals surface area (Å²) in [6, 6.07) is 35.3. The van der Waals surface area contributed by atoms with Crippen molar-refractivity contribution in [2.24, 2.45) is 0 Å². The van der Waals surface area contributed by atoms with Crippen molar-refractivity contribution in [2.45, 2.75) is 65.7 Å². The van der Waals surface area contributed by atoms with Crippen molar-refractivity contribution in [3.05, 3.63) is 137 Å². The zero-order valence-corrected chi connectivity index (χ0v) is 30.3. The second kappa shape index (κ2) is 14.8. The summed E-state index contributed by atoms with van der Waals surface area (Å²) in [5, 5.41) is 2.08. The molecule has 0 saturated heterocycles. The molecule has 0 atom stereocenters. The Morgan fingerprint density at radius 3 is 2.15 bits per heavy atom. The zero-order valence-electron chi connectivity index (χ0n) is 27.9. The maximum Gasteiger partial charge on any atom is 0.216 e. The third-order valence-electron chi connectivity index (χ3n) is 9.38. The van der Waals surface area contributed by atoms with Crippen LogP contribution in [0, 0.1) is 39.8 Å².